The lowest BCUT2D eigenvalue weighted by atomic mass is 10.0. The van der Waals surface area contributed by atoms with Crippen molar-refractivity contribution in [1.29, 1.82) is 0 Å². The van der Waals surface area contributed by atoms with Crippen LogP contribution in [0.3, 0.4) is 0 Å². The summed E-state index contributed by atoms with van der Waals surface area (Å²) in [5.74, 6) is 0.584. The zero-order valence-electron chi connectivity index (χ0n) is 13.4. The fraction of sp³-hybridized carbons (Fsp3) is 0.167. The van der Waals surface area contributed by atoms with E-state index in [1.807, 2.05) is 42.5 Å². The molecular weight excluding hydrogens is 290 g/mol. The lowest BCUT2D eigenvalue weighted by Gasteiger charge is -2.07. The Labute approximate surface area is 135 Å². The van der Waals surface area contributed by atoms with Crippen LogP contribution < -0.4 is 10.2 Å². The van der Waals surface area contributed by atoms with Crippen molar-refractivity contribution in [3.05, 3.63) is 60.2 Å². The lowest BCUT2D eigenvalue weighted by molar-refractivity contribution is 0.106. The van der Waals surface area contributed by atoms with E-state index < -0.39 is 0 Å². The Kier molecular flexibility index (Phi) is 5.63. The molecule has 118 valence electrons. The van der Waals surface area contributed by atoms with Crippen LogP contribution in [-0.4, -0.2) is 31.4 Å². The number of carbonyl (C=O) groups is 1. The molecule has 5 heteroatoms. The van der Waals surface area contributed by atoms with Gasteiger partial charge in [-0.2, -0.15) is 5.10 Å². The van der Waals surface area contributed by atoms with Crippen LogP contribution >= 0.6 is 0 Å². The number of methoxy groups -OCH3 is 1. The molecule has 0 fully saturated rings. The van der Waals surface area contributed by atoms with Crippen LogP contribution in [0.5, 0.6) is 5.75 Å². The fourth-order valence-electron chi connectivity index (χ4n) is 1.91. The summed E-state index contributed by atoms with van der Waals surface area (Å²) in [6.07, 6.45) is 0. The van der Waals surface area contributed by atoms with Gasteiger partial charge >= 0.3 is 0 Å². The monoisotopic (exact) mass is 309 g/mol. The normalized spacial score (nSPS) is 12.0. The average molecular weight is 309 g/mol. The summed E-state index contributed by atoms with van der Waals surface area (Å²) in [6, 6.07) is 16.3. The molecule has 5 nitrogen and oxygen atoms in total. The second kappa shape index (κ2) is 7.89. The van der Waals surface area contributed by atoms with Crippen molar-refractivity contribution < 1.29 is 9.53 Å². The van der Waals surface area contributed by atoms with E-state index >= 15 is 0 Å². The molecule has 0 aliphatic carbocycles. The average Bonchev–Trinajstić information content (AvgIpc) is 2.62. The summed E-state index contributed by atoms with van der Waals surface area (Å²) < 4.78 is 5.11. The standard InChI is InChI=1S/C18H19N3O2/c1-13(19-2)17(18(22)14-7-5-4-6-8-14)21-20-15-9-11-16(23-3)12-10-15/h4-12,20H,1-3H3/b19-13?,21-17-. The number of aliphatic imine (C=N–C) groups is 1. The molecular formula is C18H19N3O2. The molecule has 2 aromatic carbocycles. The number of benzene rings is 2. The van der Waals surface area contributed by atoms with E-state index in [0.717, 1.165) is 11.4 Å². The maximum Gasteiger partial charge on any atom is 0.215 e. The predicted molar refractivity (Wildman–Crippen MR) is 93.9 cm³/mol. The van der Waals surface area contributed by atoms with Crippen molar-refractivity contribution in [2.24, 2.45) is 10.1 Å². The Balaban J connectivity index is 2.25. The first-order valence-corrected chi connectivity index (χ1v) is 7.17. The molecule has 0 aliphatic rings. The highest BCUT2D eigenvalue weighted by molar-refractivity contribution is 6.70. The Hall–Kier alpha value is -2.95. The molecule has 0 bridgehead atoms. The van der Waals surface area contributed by atoms with E-state index in [-0.39, 0.29) is 11.5 Å². The largest absolute Gasteiger partial charge is 0.497 e. The van der Waals surface area contributed by atoms with E-state index in [9.17, 15) is 4.79 Å². The van der Waals surface area contributed by atoms with E-state index in [0.29, 0.717) is 11.3 Å². The quantitative estimate of drug-likeness (QED) is 0.505. The van der Waals surface area contributed by atoms with Gasteiger partial charge in [0.25, 0.3) is 0 Å². The maximum atomic E-state index is 12.6. The third-order valence-electron chi connectivity index (χ3n) is 3.32. The van der Waals surface area contributed by atoms with Gasteiger partial charge in [0, 0.05) is 12.6 Å². The van der Waals surface area contributed by atoms with E-state index in [1.54, 1.807) is 33.2 Å². The van der Waals surface area contributed by atoms with Gasteiger partial charge in [0.15, 0.2) is 5.71 Å². The van der Waals surface area contributed by atoms with Crippen LogP contribution in [0.25, 0.3) is 0 Å². The summed E-state index contributed by atoms with van der Waals surface area (Å²) in [5, 5.41) is 4.24. The molecule has 0 unspecified atom stereocenters. The van der Waals surface area contributed by atoms with Gasteiger partial charge in [0.05, 0.1) is 18.5 Å². The highest BCUT2D eigenvalue weighted by atomic mass is 16.5. The smallest absolute Gasteiger partial charge is 0.215 e. The second-order valence-electron chi connectivity index (χ2n) is 4.80. The Morgan fingerprint density at radius 1 is 1.04 bits per heavy atom. The number of hydrogen-bond donors (Lipinski definition) is 1. The number of rotatable bonds is 6. The third kappa shape index (κ3) is 4.26. The third-order valence-corrected chi connectivity index (χ3v) is 3.32. The first-order valence-electron chi connectivity index (χ1n) is 7.17. The van der Waals surface area contributed by atoms with Gasteiger partial charge in [-0.15, -0.1) is 0 Å². The Bertz CT molecular complexity index is 720. The fourth-order valence-corrected chi connectivity index (χ4v) is 1.91. The van der Waals surface area contributed by atoms with E-state index in [2.05, 4.69) is 15.5 Å². The van der Waals surface area contributed by atoms with Crippen molar-refractivity contribution in [2.45, 2.75) is 6.92 Å². The first-order chi connectivity index (χ1) is 11.2. The molecule has 0 saturated carbocycles. The zero-order valence-corrected chi connectivity index (χ0v) is 13.4. The van der Waals surface area contributed by atoms with Crippen molar-refractivity contribution >= 4 is 22.9 Å². The van der Waals surface area contributed by atoms with Crippen LogP contribution in [0.4, 0.5) is 5.69 Å². The van der Waals surface area contributed by atoms with Gasteiger partial charge in [-0.1, -0.05) is 30.3 Å². The summed E-state index contributed by atoms with van der Waals surface area (Å²) >= 11 is 0. The summed E-state index contributed by atoms with van der Waals surface area (Å²) in [6.45, 7) is 1.76. The number of nitrogens with zero attached hydrogens (tertiary/aromatic N) is 2. The van der Waals surface area contributed by atoms with Crippen molar-refractivity contribution in [1.82, 2.24) is 0 Å². The summed E-state index contributed by atoms with van der Waals surface area (Å²) in [4.78, 5) is 16.7. The van der Waals surface area contributed by atoms with Gasteiger partial charge in [0.1, 0.15) is 5.75 Å². The number of hydrazone groups is 1. The number of ether oxygens (including phenoxy) is 1. The molecule has 1 N–H and O–H groups in total. The number of nitrogens with one attached hydrogen (secondary N) is 1. The highest BCUT2D eigenvalue weighted by Gasteiger charge is 2.16. The first kappa shape index (κ1) is 16.4. The lowest BCUT2D eigenvalue weighted by Crippen LogP contribution is -2.23. The van der Waals surface area contributed by atoms with Crippen molar-refractivity contribution in [3.63, 3.8) is 0 Å². The topological polar surface area (TPSA) is 63.1 Å². The van der Waals surface area contributed by atoms with Gasteiger partial charge in [-0.05, 0) is 31.2 Å². The van der Waals surface area contributed by atoms with Crippen LogP contribution in [0.15, 0.2) is 64.7 Å². The number of carbonyl (C=O) groups excluding carboxylic acids is 1. The molecule has 23 heavy (non-hydrogen) atoms. The molecule has 0 saturated heterocycles. The van der Waals surface area contributed by atoms with Gasteiger partial charge < -0.3 is 4.74 Å². The van der Waals surface area contributed by atoms with E-state index in [1.165, 1.54) is 0 Å². The molecule has 0 atom stereocenters. The van der Waals surface area contributed by atoms with Crippen molar-refractivity contribution in [2.75, 3.05) is 19.6 Å². The number of hydrogen-bond acceptors (Lipinski definition) is 5. The van der Waals surface area contributed by atoms with Crippen LogP contribution in [-0.2, 0) is 0 Å². The molecule has 0 spiro atoms. The van der Waals surface area contributed by atoms with Crippen LogP contribution in [0.2, 0.25) is 0 Å². The maximum absolute atomic E-state index is 12.6. The van der Waals surface area contributed by atoms with Gasteiger partial charge in [0.2, 0.25) is 5.78 Å². The molecule has 2 aromatic rings. The minimum atomic E-state index is -0.172. The highest BCUT2D eigenvalue weighted by Crippen LogP contribution is 2.15. The second-order valence-corrected chi connectivity index (χ2v) is 4.80. The Morgan fingerprint density at radius 3 is 2.26 bits per heavy atom. The molecule has 0 amide bonds. The molecule has 0 aromatic heterocycles. The predicted octanol–water partition coefficient (Wildman–Crippen LogP) is 3.44. The van der Waals surface area contributed by atoms with Crippen molar-refractivity contribution in [3.8, 4) is 5.75 Å². The van der Waals surface area contributed by atoms with Crippen LogP contribution in [0.1, 0.15) is 17.3 Å². The molecule has 0 radical (unpaired) electrons. The number of ketones is 1. The minimum absolute atomic E-state index is 0.172. The molecule has 2 rings (SSSR count). The van der Waals surface area contributed by atoms with E-state index in [4.69, 9.17) is 4.74 Å². The van der Waals surface area contributed by atoms with Gasteiger partial charge in [-0.3, -0.25) is 15.2 Å². The number of Topliss-reactive ketones (excluding diaryl/α,β-unsaturated/α-hetero) is 1. The number of anilines is 1. The van der Waals surface area contributed by atoms with Crippen LogP contribution in [0, 0.1) is 0 Å². The molecule has 0 aliphatic heterocycles. The SMILES string of the molecule is CN=C(C)/C(=N/Nc1ccc(OC)cc1)C(=O)c1ccccc1. The summed E-state index contributed by atoms with van der Waals surface area (Å²) in [7, 11) is 3.24. The zero-order chi connectivity index (χ0) is 16.7. The summed E-state index contributed by atoms with van der Waals surface area (Å²) in [5.41, 5.74) is 5.08. The Morgan fingerprint density at radius 2 is 1.70 bits per heavy atom. The van der Waals surface area contributed by atoms with Gasteiger partial charge in [-0.25, -0.2) is 0 Å². The molecule has 0 heterocycles. The minimum Gasteiger partial charge on any atom is -0.497 e.